The molecule has 0 radical (unpaired) electrons. The Morgan fingerprint density at radius 1 is 1.40 bits per heavy atom. The molecule has 6 nitrogen and oxygen atoms in total. The van der Waals surface area contributed by atoms with Crippen molar-refractivity contribution in [2.24, 2.45) is 0 Å². The molecule has 20 heavy (non-hydrogen) atoms. The normalized spacial score (nSPS) is 9.00. The summed E-state index contributed by atoms with van der Waals surface area (Å²) < 4.78 is 4.72. The minimum absolute atomic E-state index is 0.0838. The van der Waals surface area contributed by atoms with E-state index in [0.29, 0.717) is 16.4 Å². The number of hydrogen-bond donors (Lipinski definition) is 2. The molecule has 102 valence electrons. The number of amides is 1. The van der Waals surface area contributed by atoms with Gasteiger partial charge in [-0.3, -0.25) is 4.79 Å². The van der Waals surface area contributed by atoms with E-state index in [1.54, 1.807) is 30.3 Å². The third-order valence-electron chi connectivity index (χ3n) is 2.14. The summed E-state index contributed by atoms with van der Waals surface area (Å²) in [6.45, 7) is -0.0838. The quantitative estimate of drug-likeness (QED) is 0.811. The van der Waals surface area contributed by atoms with E-state index in [1.807, 2.05) is 0 Å². The first kappa shape index (κ1) is 15.5. The largest absolute Gasteiger partial charge is 0.375 e. The zero-order valence-electron chi connectivity index (χ0n) is 10.6. The number of nitriles is 2. The number of nitrogens with one attached hydrogen (secondary N) is 2. The summed E-state index contributed by atoms with van der Waals surface area (Å²) in [4.78, 5) is 11.5. The van der Waals surface area contributed by atoms with Crippen LogP contribution in [0, 0.1) is 22.7 Å². The third kappa shape index (κ3) is 4.62. The summed E-state index contributed by atoms with van der Waals surface area (Å²) >= 11 is 5.87. The maximum atomic E-state index is 11.5. The van der Waals surface area contributed by atoms with Gasteiger partial charge in [0, 0.05) is 18.3 Å². The van der Waals surface area contributed by atoms with Crippen LogP contribution in [0.4, 0.5) is 11.4 Å². The summed E-state index contributed by atoms with van der Waals surface area (Å²) in [7, 11) is 1.41. The summed E-state index contributed by atoms with van der Waals surface area (Å²) in [5.74, 6) is -0.331. The van der Waals surface area contributed by atoms with Crippen molar-refractivity contribution in [2.75, 3.05) is 24.4 Å². The summed E-state index contributed by atoms with van der Waals surface area (Å²) in [6, 6.07) is 8.20. The Labute approximate surface area is 121 Å². The van der Waals surface area contributed by atoms with E-state index in [4.69, 9.17) is 26.9 Å². The van der Waals surface area contributed by atoms with Gasteiger partial charge in [0.05, 0.1) is 11.4 Å². The molecule has 0 saturated carbocycles. The molecule has 0 spiro atoms. The van der Waals surface area contributed by atoms with Gasteiger partial charge in [-0.05, 0) is 18.2 Å². The number of allylic oxidation sites excluding steroid dienone is 1. The van der Waals surface area contributed by atoms with Crippen LogP contribution in [0.3, 0.4) is 0 Å². The molecule has 2 N–H and O–H groups in total. The van der Waals surface area contributed by atoms with Crippen molar-refractivity contribution in [3.05, 3.63) is 35.0 Å². The number of carbonyl (C=O) groups is 1. The highest BCUT2D eigenvalue weighted by Crippen LogP contribution is 2.26. The Morgan fingerprint density at radius 2 is 2.10 bits per heavy atom. The minimum atomic E-state index is -0.331. The first-order chi connectivity index (χ1) is 9.60. The molecule has 1 aromatic carbocycles. The Balaban J connectivity index is 2.97. The lowest BCUT2D eigenvalue weighted by atomic mass is 10.2. The molecular formula is C13H11ClN4O2. The van der Waals surface area contributed by atoms with Crippen LogP contribution >= 0.6 is 11.6 Å². The van der Waals surface area contributed by atoms with E-state index >= 15 is 0 Å². The number of nitrogens with zero attached hydrogens (tertiary/aromatic N) is 2. The van der Waals surface area contributed by atoms with Gasteiger partial charge in [-0.25, -0.2) is 0 Å². The molecule has 1 amide bonds. The fourth-order valence-electron chi connectivity index (χ4n) is 1.30. The first-order valence-corrected chi connectivity index (χ1v) is 5.83. The Morgan fingerprint density at radius 3 is 2.70 bits per heavy atom. The van der Waals surface area contributed by atoms with E-state index < -0.39 is 0 Å². The second-order valence-corrected chi connectivity index (χ2v) is 4.03. The minimum Gasteiger partial charge on any atom is -0.375 e. The van der Waals surface area contributed by atoms with Gasteiger partial charge in [-0.2, -0.15) is 10.5 Å². The highest BCUT2D eigenvalue weighted by molar-refractivity contribution is 6.31. The molecule has 0 fully saturated rings. The van der Waals surface area contributed by atoms with E-state index in [2.05, 4.69) is 10.6 Å². The zero-order valence-corrected chi connectivity index (χ0v) is 11.4. The van der Waals surface area contributed by atoms with Gasteiger partial charge in [-0.1, -0.05) is 11.6 Å². The van der Waals surface area contributed by atoms with Crippen molar-refractivity contribution in [3.8, 4) is 12.1 Å². The predicted molar refractivity (Wildman–Crippen MR) is 74.9 cm³/mol. The molecule has 0 saturated heterocycles. The summed E-state index contributed by atoms with van der Waals surface area (Å²) in [5.41, 5.74) is 0.826. The lowest BCUT2D eigenvalue weighted by Crippen LogP contribution is -2.17. The second-order valence-electron chi connectivity index (χ2n) is 3.60. The van der Waals surface area contributed by atoms with Crippen molar-refractivity contribution in [2.45, 2.75) is 0 Å². The van der Waals surface area contributed by atoms with Gasteiger partial charge >= 0.3 is 0 Å². The molecule has 0 heterocycles. The second kappa shape index (κ2) is 7.80. The molecule has 0 aliphatic carbocycles. The molecule has 1 aromatic rings. The first-order valence-electron chi connectivity index (χ1n) is 5.46. The lowest BCUT2D eigenvalue weighted by Gasteiger charge is -2.11. The van der Waals surface area contributed by atoms with E-state index in [9.17, 15) is 4.79 Å². The van der Waals surface area contributed by atoms with Crippen LogP contribution in [-0.4, -0.2) is 19.6 Å². The number of methoxy groups -OCH3 is 1. The monoisotopic (exact) mass is 290 g/mol. The van der Waals surface area contributed by atoms with Crippen molar-refractivity contribution in [1.82, 2.24) is 0 Å². The van der Waals surface area contributed by atoms with Crippen LogP contribution in [-0.2, 0) is 9.53 Å². The molecule has 1 rings (SSSR count). The number of anilines is 2. The van der Waals surface area contributed by atoms with Crippen molar-refractivity contribution in [3.63, 3.8) is 0 Å². The van der Waals surface area contributed by atoms with Gasteiger partial charge in [0.2, 0.25) is 5.91 Å². The number of rotatable bonds is 5. The van der Waals surface area contributed by atoms with Gasteiger partial charge < -0.3 is 15.4 Å². The molecule has 0 bridgehead atoms. The van der Waals surface area contributed by atoms with Gasteiger partial charge in [-0.15, -0.1) is 0 Å². The number of halogens is 1. The highest BCUT2D eigenvalue weighted by Gasteiger charge is 2.07. The third-order valence-corrected chi connectivity index (χ3v) is 2.38. The molecule has 0 aromatic heterocycles. The predicted octanol–water partition coefficient (Wildman–Crippen LogP) is 2.27. The van der Waals surface area contributed by atoms with Crippen molar-refractivity contribution >= 4 is 28.9 Å². The molecule has 7 heteroatoms. The molecular weight excluding hydrogens is 280 g/mol. The SMILES string of the molecule is COCC(=O)Nc1ccc(Cl)cc1NC=C(C#N)C#N. The van der Waals surface area contributed by atoms with Gasteiger partial charge in [0.15, 0.2) is 0 Å². The van der Waals surface area contributed by atoms with Crippen LogP contribution in [0.25, 0.3) is 0 Å². The van der Waals surface area contributed by atoms with E-state index in [1.165, 1.54) is 13.3 Å². The van der Waals surface area contributed by atoms with E-state index in [0.717, 1.165) is 0 Å². The van der Waals surface area contributed by atoms with Crippen LogP contribution in [0.5, 0.6) is 0 Å². The van der Waals surface area contributed by atoms with Crippen molar-refractivity contribution < 1.29 is 9.53 Å². The average Bonchev–Trinajstić information content (AvgIpc) is 2.43. The topological polar surface area (TPSA) is 97.9 Å². The zero-order chi connectivity index (χ0) is 15.0. The van der Waals surface area contributed by atoms with Gasteiger partial charge in [0.1, 0.15) is 24.3 Å². The highest BCUT2D eigenvalue weighted by atomic mass is 35.5. The standard InChI is InChI=1S/C13H11ClN4O2/c1-20-8-13(19)18-11-3-2-10(14)4-12(11)17-7-9(5-15)6-16/h2-4,7,17H,8H2,1H3,(H,18,19). The fraction of sp³-hybridized carbons (Fsp3) is 0.154. The van der Waals surface area contributed by atoms with Crippen LogP contribution < -0.4 is 10.6 Å². The Hall–Kier alpha value is -2.54. The summed E-state index contributed by atoms with van der Waals surface area (Å²) in [6.07, 6.45) is 1.23. The molecule has 0 atom stereocenters. The number of hydrogen-bond acceptors (Lipinski definition) is 5. The number of carbonyl (C=O) groups excluding carboxylic acids is 1. The maximum Gasteiger partial charge on any atom is 0.250 e. The molecule has 0 aliphatic heterocycles. The van der Waals surface area contributed by atoms with Crippen LogP contribution in [0.1, 0.15) is 0 Å². The van der Waals surface area contributed by atoms with Crippen LogP contribution in [0.15, 0.2) is 30.0 Å². The van der Waals surface area contributed by atoms with Crippen LogP contribution in [0.2, 0.25) is 5.02 Å². The summed E-state index contributed by atoms with van der Waals surface area (Å²) in [5, 5.41) is 23.1. The Kier molecular flexibility index (Phi) is 6.05. The average molecular weight is 291 g/mol. The van der Waals surface area contributed by atoms with Crippen molar-refractivity contribution in [1.29, 1.82) is 10.5 Å². The lowest BCUT2D eigenvalue weighted by molar-refractivity contribution is -0.119. The number of ether oxygens (including phenoxy) is 1. The van der Waals surface area contributed by atoms with Gasteiger partial charge in [0.25, 0.3) is 0 Å². The van der Waals surface area contributed by atoms with E-state index in [-0.39, 0.29) is 18.1 Å². The molecule has 0 aliphatic rings. The molecule has 0 unspecified atom stereocenters. The fourth-order valence-corrected chi connectivity index (χ4v) is 1.47. The Bertz CT molecular complexity index is 598. The smallest absolute Gasteiger partial charge is 0.250 e. The maximum absolute atomic E-state index is 11.5. The number of benzene rings is 1.